The number of aryl methyl sites for hydroxylation is 2. The molecule has 2 rings (SSSR count). The standard InChI is InChI=1S/C15H17BrN2/c1-3-6-11-7-5-8-12(9-11)13-10-14(16)18-15(4-2)17-13/h5,7-10H,3-4,6H2,1-2H3. The molecule has 0 amide bonds. The van der Waals surface area contributed by atoms with Crippen LogP contribution in [0, 0.1) is 0 Å². The fourth-order valence-corrected chi connectivity index (χ4v) is 2.37. The molecule has 0 saturated heterocycles. The maximum absolute atomic E-state index is 4.58. The Morgan fingerprint density at radius 3 is 2.67 bits per heavy atom. The first-order valence-corrected chi connectivity index (χ1v) is 7.15. The molecule has 0 spiro atoms. The van der Waals surface area contributed by atoms with Gasteiger partial charge in [-0.2, -0.15) is 0 Å². The number of hydrogen-bond donors (Lipinski definition) is 0. The van der Waals surface area contributed by atoms with Gasteiger partial charge in [-0.05, 0) is 40.0 Å². The highest BCUT2D eigenvalue weighted by Crippen LogP contribution is 2.22. The molecule has 3 heteroatoms. The Hall–Kier alpha value is -1.22. The average Bonchev–Trinajstić information content (AvgIpc) is 2.39. The molecule has 1 aromatic carbocycles. The molecule has 0 aliphatic rings. The van der Waals surface area contributed by atoms with Crippen LogP contribution in [0.4, 0.5) is 0 Å². The zero-order valence-corrected chi connectivity index (χ0v) is 12.4. The van der Waals surface area contributed by atoms with E-state index in [0.29, 0.717) is 0 Å². The smallest absolute Gasteiger partial charge is 0.130 e. The van der Waals surface area contributed by atoms with Gasteiger partial charge in [0.05, 0.1) is 5.69 Å². The average molecular weight is 305 g/mol. The molecule has 1 heterocycles. The van der Waals surface area contributed by atoms with Crippen LogP contribution in [0.1, 0.15) is 31.7 Å². The number of hydrogen-bond acceptors (Lipinski definition) is 2. The largest absolute Gasteiger partial charge is 0.233 e. The van der Waals surface area contributed by atoms with Gasteiger partial charge in [0.25, 0.3) is 0 Å². The molecule has 18 heavy (non-hydrogen) atoms. The fourth-order valence-electron chi connectivity index (χ4n) is 1.95. The predicted octanol–water partition coefficient (Wildman–Crippen LogP) is 4.42. The highest BCUT2D eigenvalue weighted by atomic mass is 79.9. The van der Waals surface area contributed by atoms with Crippen LogP contribution in [-0.2, 0) is 12.8 Å². The van der Waals surface area contributed by atoms with Crippen molar-refractivity contribution in [3.8, 4) is 11.3 Å². The minimum Gasteiger partial charge on any atom is -0.233 e. The van der Waals surface area contributed by atoms with E-state index in [4.69, 9.17) is 0 Å². The minimum absolute atomic E-state index is 0.848. The van der Waals surface area contributed by atoms with Crippen molar-refractivity contribution in [2.75, 3.05) is 0 Å². The van der Waals surface area contributed by atoms with Crippen molar-refractivity contribution >= 4 is 15.9 Å². The third-order valence-corrected chi connectivity index (χ3v) is 3.23. The van der Waals surface area contributed by atoms with E-state index in [9.17, 15) is 0 Å². The van der Waals surface area contributed by atoms with E-state index in [2.05, 4.69) is 64.0 Å². The lowest BCUT2D eigenvalue weighted by Gasteiger charge is -2.06. The topological polar surface area (TPSA) is 25.8 Å². The van der Waals surface area contributed by atoms with Gasteiger partial charge in [0.15, 0.2) is 0 Å². The normalized spacial score (nSPS) is 10.6. The van der Waals surface area contributed by atoms with Crippen LogP contribution in [0.5, 0.6) is 0 Å². The number of rotatable bonds is 4. The molecule has 2 nitrogen and oxygen atoms in total. The first kappa shape index (κ1) is 13.2. The van der Waals surface area contributed by atoms with Crippen LogP contribution >= 0.6 is 15.9 Å². The van der Waals surface area contributed by atoms with Gasteiger partial charge in [-0.3, -0.25) is 0 Å². The first-order chi connectivity index (χ1) is 8.72. The highest BCUT2D eigenvalue weighted by molar-refractivity contribution is 9.10. The number of benzene rings is 1. The Morgan fingerprint density at radius 2 is 1.94 bits per heavy atom. The van der Waals surface area contributed by atoms with Crippen LogP contribution in [0.3, 0.4) is 0 Å². The second-order valence-corrected chi connectivity index (χ2v) is 5.11. The third kappa shape index (κ3) is 3.16. The summed E-state index contributed by atoms with van der Waals surface area (Å²) >= 11 is 3.45. The summed E-state index contributed by atoms with van der Waals surface area (Å²) in [6.07, 6.45) is 3.12. The van der Waals surface area contributed by atoms with E-state index in [1.165, 1.54) is 11.1 Å². The van der Waals surface area contributed by atoms with Crippen LogP contribution in [0.15, 0.2) is 34.9 Å². The Bertz CT molecular complexity index is 538. The monoisotopic (exact) mass is 304 g/mol. The van der Waals surface area contributed by atoms with Crippen LogP contribution < -0.4 is 0 Å². The molecular weight excluding hydrogens is 288 g/mol. The highest BCUT2D eigenvalue weighted by Gasteiger charge is 2.05. The van der Waals surface area contributed by atoms with Gasteiger partial charge in [-0.25, -0.2) is 9.97 Å². The minimum atomic E-state index is 0.848. The van der Waals surface area contributed by atoms with Gasteiger partial charge in [0, 0.05) is 12.0 Å². The van der Waals surface area contributed by atoms with Crippen molar-refractivity contribution in [2.45, 2.75) is 33.1 Å². The van der Waals surface area contributed by atoms with E-state index in [1.54, 1.807) is 0 Å². The van der Waals surface area contributed by atoms with Crippen molar-refractivity contribution in [3.05, 3.63) is 46.3 Å². The van der Waals surface area contributed by atoms with Gasteiger partial charge in [0.1, 0.15) is 10.4 Å². The van der Waals surface area contributed by atoms with Crippen molar-refractivity contribution in [1.29, 1.82) is 0 Å². The third-order valence-electron chi connectivity index (χ3n) is 2.82. The molecule has 2 aromatic rings. The zero-order chi connectivity index (χ0) is 13.0. The van der Waals surface area contributed by atoms with Crippen molar-refractivity contribution in [2.24, 2.45) is 0 Å². The maximum atomic E-state index is 4.58. The van der Waals surface area contributed by atoms with Gasteiger partial charge in [0.2, 0.25) is 0 Å². The summed E-state index contributed by atoms with van der Waals surface area (Å²) in [5.41, 5.74) is 3.52. The molecule has 0 aliphatic heterocycles. The van der Waals surface area contributed by atoms with E-state index in [-0.39, 0.29) is 0 Å². The van der Waals surface area contributed by atoms with Crippen LogP contribution in [-0.4, -0.2) is 9.97 Å². The summed E-state index contributed by atoms with van der Waals surface area (Å²) in [4.78, 5) is 8.92. The number of halogens is 1. The molecule has 0 N–H and O–H groups in total. The van der Waals surface area contributed by atoms with E-state index in [1.807, 2.05) is 6.07 Å². The molecule has 94 valence electrons. The maximum Gasteiger partial charge on any atom is 0.130 e. The SMILES string of the molecule is CCCc1cccc(-c2cc(Br)nc(CC)n2)c1. The van der Waals surface area contributed by atoms with Crippen molar-refractivity contribution in [1.82, 2.24) is 9.97 Å². The van der Waals surface area contributed by atoms with Crippen molar-refractivity contribution in [3.63, 3.8) is 0 Å². The molecular formula is C15H17BrN2. The lowest BCUT2D eigenvalue weighted by atomic mass is 10.0. The second kappa shape index (κ2) is 6.10. The Labute approximate surface area is 117 Å². The molecule has 0 atom stereocenters. The quantitative estimate of drug-likeness (QED) is 0.781. The molecule has 0 fully saturated rings. The summed E-state index contributed by atoms with van der Waals surface area (Å²) in [6.45, 7) is 4.27. The van der Waals surface area contributed by atoms with Crippen molar-refractivity contribution < 1.29 is 0 Å². The summed E-state index contributed by atoms with van der Waals surface area (Å²) < 4.78 is 0.852. The molecule has 0 unspecified atom stereocenters. The number of aromatic nitrogens is 2. The van der Waals surface area contributed by atoms with Crippen LogP contribution in [0.25, 0.3) is 11.3 Å². The van der Waals surface area contributed by atoms with E-state index in [0.717, 1.165) is 35.4 Å². The molecule has 0 radical (unpaired) electrons. The molecule has 0 aliphatic carbocycles. The summed E-state index contributed by atoms with van der Waals surface area (Å²) in [5.74, 6) is 0.875. The number of nitrogens with zero attached hydrogens (tertiary/aromatic N) is 2. The second-order valence-electron chi connectivity index (χ2n) is 4.30. The Balaban J connectivity index is 2.41. The fraction of sp³-hybridized carbons (Fsp3) is 0.333. The zero-order valence-electron chi connectivity index (χ0n) is 10.8. The first-order valence-electron chi connectivity index (χ1n) is 6.35. The molecule has 1 aromatic heterocycles. The summed E-state index contributed by atoms with van der Waals surface area (Å²) in [7, 11) is 0. The van der Waals surface area contributed by atoms with Gasteiger partial charge in [-0.1, -0.05) is 38.5 Å². The lowest BCUT2D eigenvalue weighted by Crippen LogP contribution is -1.96. The Kier molecular flexibility index (Phi) is 4.48. The van der Waals surface area contributed by atoms with E-state index >= 15 is 0 Å². The lowest BCUT2D eigenvalue weighted by molar-refractivity contribution is 0.919. The van der Waals surface area contributed by atoms with E-state index < -0.39 is 0 Å². The van der Waals surface area contributed by atoms with Gasteiger partial charge < -0.3 is 0 Å². The van der Waals surface area contributed by atoms with Crippen LogP contribution in [0.2, 0.25) is 0 Å². The molecule has 0 saturated carbocycles. The van der Waals surface area contributed by atoms with Gasteiger partial charge >= 0.3 is 0 Å². The molecule has 0 bridgehead atoms. The Morgan fingerprint density at radius 1 is 1.11 bits per heavy atom. The summed E-state index contributed by atoms with van der Waals surface area (Å²) in [5, 5.41) is 0. The predicted molar refractivity (Wildman–Crippen MR) is 78.5 cm³/mol. The summed E-state index contributed by atoms with van der Waals surface area (Å²) in [6, 6.07) is 10.6. The van der Waals surface area contributed by atoms with Gasteiger partial charge in [-0.15, -0.1) is 0 Å².